The molecule has 0 radical (unpaired) electrons. The van der Waals surface area contributed by atoms with Crippen LogP contribution in [0.3, 0.4) is 0 Å². The normalized spacial score (nSPS) is 10.9. The maximum absolute atomic E-state index is 8.86. The zero-order valence-corrected chi connectivity index (χ0v) is 9.55. The summed E-state index contributed by atoms with van der Waals surface area (Å²) in [4.78, 5) is 3.44. The molecule has 1 aromatic rings. The fraction of sp³-hybridized carbons (Fsp3) is 0.455. The van der Waals surface area contributed by atoms with Gasteiger partial charge in [0.15, 0.2) is 0 Å². The average molecular weight is 211 g/mol. The van der Waals surface area contributed by atoms with E-state index >= 15 is 0 Å². The topological polar surface area (TPSA) is 23.5 Å². The lowest BCUT2D eigenvalue weighted by Crippen LogP contribution is -2.14. The number of hydrogen-bond acceptors (Lipinski definition) is 3. The van der Waals surface area contributed by atoms with Crippen molar-refractivity contribution in [1.82, 2.24) is 4.90 Å². The number of benzene rings is 1. The van der Waals surface area contributed by atoms with Gasteiger partial charge in [-0.25, -0.2) is 0 Å². The third-order valence-corrected chi connectivity index (χ3v) is 2.91. The van der Waals surface area contributed by atoms with Crippen molar-refractivity contribution in [2.24, 2.45) is 0 Å². The van der Waals surface area contributed by atoms with Gasteiger partial charge in [-0.05, 0) is 31.8 Å². The molecule has 1 rings (SSSR count). The summed E-state index contributed by atoms with van der Waals surface area (Å²) in [6.45, 7) is 1.22. The van der Waals surface area contributed by atoms with Gasteiger partial charge >= 0.3 is 0 Å². The minimum absolute atomic E-state index is 0.128. The summed E-state index contributed by atoms with van der Waals surface area (Å²) in [7, 11) is 4.16. The zero-order valence-electron chi connectivity index (χ0n) is 8.73. The Kier molecular flexibility index (Phi) is 5.01. The second kappa shape index (κ2) is 6.06. The molecule has 3 heteroatoms. The van der Waals surface area contributed by atoms with E-state index in [4.69, 9.17) is 5.11 Å². The van der Waals surface area contributed by atoms with E-state index in [0.29, 0.717) is 0 Å². The lowest BCUT2D eigenvalue weighted by molar-refractivity contribution is 0.282. The molecule has 0 atom stereocenters. The molecule has 14 heavy (non-hydrogen) atoms. The number of rotatable bonds is 5. The maximum atomic E-state index is 8.86. The van der Waals surface area contributed by atoms with Crippen molar-refractivity contribution in [1.29, 1.82) is 0 Å². The minimum Gasteiger partial charge on any atom is -0.392 e. The molecule has 1 N–H and O–H groups in total. The van der Waals surface area contributed by atoms with Crippen LogP contribution in [0.2, 0.25) is 0 Å². The lowest BCUT2D eigenvalue weighted by Gasteiger charge is -2.08. The molecular formula is C11H17NOS. The van der Waals surface area contributed by atoms with Gasteiger partial charge in [0.1, 0.15) is 0 Å². The van der Waals surface area contributed by atoms with Gasteiger partial charge in [0, 0.05) is 17.2 Å². The van der Waals surface area contributed by atoms with Crippen molar-refractivity contribution in [2.45, 2.75) is 11.5 Å². The predicted molar refractivity (Wildman–Crippen MR) is 61.6 cm³/mol. The largest absolute Gasteiger partial charge is 0.392 e. The molecule has 78 valence electrons. The van der Waals surface area contributed by atoms with Crippen LogP contribution >= 0.6 is 11.8 Å². The standard InChI is InChI=1S/C11H17NOS/c1-12(2)7-8-14-11-5-3-10(9-13)4-6-11/h3-6,13H,7-9H2,1-2H3. The average Bonchev–Trinajstić information content (AvgIpc) is 2.18. The van der Waals surface area contributed by atoms with Crippen LogP contribution in [-0.4, -0.2) is 36.4 Å². The van der Waals surface area contributed by atoms with Gasteiger partial charge in [0.25, 0.3) is 0 Å². The van der Waals surface area contributed by atoms with Gasteiger partial charge in [0.05, 0.1) is 6.61 Å². The number of aliphatic hydroxyl groups is 1. The van der Waals surface area contributed by atoms with Gasteiger partial charge in [0.2, 0.25) is 0 Å². The first kappa shape index (κ1) is 11.6. The zero-order chi connectivity index (χ0) is 10.4. The van der Waals surface area contributed by atoms with E-state index in [9.17, 15) is 0 Å². The number of aliphatic hydroxyl groups excluding tert-OH is 1. The van der Waals surface area contributed by atoms with Crippen LogP contribution in [0.5, 0.6) is 0 Å². The highest BCUT2D eigenvalue weighted by Gasteiger charge is 1.95. The molecule has 0 aliphatic rings. The van der Waals surface area contributed by atoms with Crippen molar-refractivity contribution in [3.05, 3.63) is 29.8 Å². The molecule has 0 unspecified atom stereocenters. The van der Waals surface area contributed by atoms with E-state index in [1.807, 2.05) is 23.9 Å². The molecule has 2 nitrogen and oxygen atoms in total. The molecule has 0 spiro atoms. The molecule has 0 saturated heterocycles. The predicted octanol–water partition coefficient (Wildman–Crippen LogP) is 1.83. The fourth-order valence-electron chi connectivity index (χ4n) is 1.04. The molecule has 0 heterocycles. The van der Waals surface area contributed by atoms with Crippen molar-refractivity contribution < 1.29 is 5.11 Å². The summed E-state index contributed by atoms with van der Waals surface area (Å²) < 4.78 is 0. The smallest absolute Gasteiger partial charge is 0.0681 e. The Hall–Kier alpha value is -0.510. The Bertz CT molecular complexity index is 258. The van der Waals surface area contributed by atoms with Crippen molar-refractivity contribution >= 4 is 11.8 Å². The highest BCUT2D eigenvalue weighted by Crippen LogP contribution is 2.18. The second-order valence-corrected chi connectivity index (χ2v) is 4.62. The first-order chi connectivity index (χ1) is 6.72. The van der Waals surface area contributed by atoms with E-state index in [-0.39, 0.29) is 6.61 Å². The first-order valence-corrected chi connectivity index (χ1v) is 5.68. The molecule has 0 aromatic heterocycles. The summed E-state index contributed by atoms with van der Waals surface area (Å²) in [5, 5.41) is 8.86. The molecule has 0 bridgehead atoms. The molecule has 0 aliphatic heterocycles. The Morgan fingerprint density at radius 3 is 2.36 bits per heavy atom. The Morgan fingerprint density at radius 2 is 1.86 bits per heavy atom. The monoisotopic (exact) mass is 211 g/mol. The van der Waals surface area contributed by atoms with Crippen LogP contribution in [0.4, 0.5) is 0 Å². The summed E-state index contributed by atoms with van der Waals surface area (Å²) in [5.41, 5.74) is 0.974. The minimum atomic E-state index is 0.128. The van der Waals surface area contributed by atoms with Gasteiger partial charge in [-0.1, -0.05) is 12.1 Å². The SMILES string of the molecule is CN(C)CCSc1ccc(CO)cc1. The number of hydrogen-bond donors (Lipinski definition) is 1. The van der Waals surface area contributed by atoms with Gasteiger partial charge in [-0.15, -0.1) is 11.8 Å². The fourth-order valence-corrected chi connectivity index (χ4v) is 2.06. The lowest BCUT2D eigenvalue weighted by atomic mass is 10.2. The van der Waals surface area contributed by atoms with E-state index in [0.717, 1.165) is 17.9 Å². The molecule has 0 fully saturated rings. The van der Waals surface area contributed by atoms with Crippen LogP contribution in [-0.2, 0) is 6.61 Å². The summed E-state index contributed by atoms with van der Waals surface area (Å²) in [6.07, 6.45) is 0. The molecule has 0 amide bonds. The number of nitrogens with zero attached hydrogens (tertiary/aromatic N) is 1. The van der Waals surface area contributed by atoms with Crippen LogP contribution in [0, 0.1) is 0 Å². The van der Waals surface area contributed by atoms with E-state index in [1.165, 1.54) is 4.90 Å². The van der Waals surface area contributed by atoms with E-state index < -0.39 is 0 Å². The second-order valence-electron chi connectivity index (χ2n) is 3.45. The Morgan fingerprint density at radius 1 is 1.21 bits per heavy atom. The Labute approximate surface area is 89.9 Å². The summed E-state index contributed by atoms with van der Waals surface area (Å²) in [5.74, 6) is 1.10. The molecular weight excluding hydrogens is 194 g/mol. The van der Waals surface area contributed by atoms with Crippen LogP contribution in [0.25, 0.3) is 0 Å². The summed E-state index contributed by atoms with van der Waals surface area (Å²) >= 11 is 1.84. The van der Waals surface area contributed by atoms with Gasteiger partial charge < -0.3 is 10.0 Å². The highest BCUT2D eigenvalue weighted by molar-refractivity contribution is 7.99. The van der Waals surface area contributed by atoms with E-state index in [2.05, 4.69) is 31.1 Å². The number of thioether (sulfide) groups is 1. The molecule has 0 aliphatic carbocycles. The van der Waals surface area contributed by atoms with Gasteiger partial charge in [-0.3, -0.25) is 0 Å². The van der Waals surface area contributed by atoms with Crippen molar-refractivity contribution in [3.63, 3.8) is 0 Å². The molecule has 0 saturated carbocycles. The van der Waals surface area contributed by atoms with Crippen LogP contribution < -0.4 is 0 Å². The van der Waals surface area contributed by atoms with Gasteiger partial charge in [-0.2, -0.15) is 0 Å². The third kappa shape index (κ3) is 4.13. The summed E-state index contributed by atoms with van der Waals surface area (Å²) in [6, 6.07) is 8.06. The van der Waals surface area contributed by atoms with Crippen molar-refractivity contribution in [3.8, 4) is 0 Å². The first-order valence-electron chi connectivity index (χ1n) is 4.69. The van der Waals surface area contributed by atoms with Crippen LogP contribution in [0.1, 0.15) is 5.56 Å². The quantitative estimate of drug-likeness (QED) is 0.752. The molecule has 1 aromatic carbocycles. The third-order valence-electron chi connectivity index (χ3n) is 1.91. The van der Waals surface area contributed by atoms with Crippen LogP contribution in [0.15, 0.2) is 29.2 Å². The van der Waals surface area contributed by atoms with Crippen molar-refractivity contribution in [2.75, 3.05) is 26.4 Å². The highest BCUT2D eigenvalue weighted by atomic mass is 32.2. The Balaban J connectivity index is 2.36. The maximum Gasteiger partial charge on any atom is 0.0681 e. The van der Waals surface area contributed by atoms with E-state index in [1.54, 1.807) is 0 Å².